The van der Waals surface area contributed by atoms with E-state index < -0.39 is 17.2 Å². The molecule has 0 fully saturated rings. The van der Waals surface area contributed by atoms with E-state index in [0.29, 0.717) is 17.7 Å². The summed E-state index contributed by atoms with van der Waals surface area (Å²) in [6.07, 6.45) is 0.609. The molecule has 0 unspecified atom stereocenters. The molecule has 2 heterocycles. The fourth-order valence-electron chi connectivity index (χ4n) is 2.42. The van der Waals surface area contributed by atoms with Crippen LogP contribution in [0.5, 0.6) is 0 Å². The highest BCUT2D eigenvalue weighted by Gasteiger charge is 2.17. The quantitative estimate of drug-likeness (QED) is 0.590. The van der Waals surface area contributed by atoms with Gasteiger partial charge in [-0.05, 0) is 18.2 Å². The van der Waals surface area contributed by atoms with Crippen LogP contribution in [0, 0.1) is 5.82 Å². The summed E-state index contributed by atoms with van der Waals surface area (Å²) < 4.78 is 15.5. The van der Waals surface area contributed by atoms with Crippen LogP contribution in [-0.4, -0.2) is 37.5 Å². The number of fused-ring (bicyclic) bond motifs is 1. The number of hydrogen-bond donors (Lipinski definition) is 1. The molecule has 0 aliphatic carbocycles. The lowest BCUT2D eigenvalue weighted by atomic mass is 10.1. The molecule has 0 saturated heterocycles. The molecule has 27 heavy (non-hydrogen) atoms. The molecule has 0 saturated carbocycles. The summed E-state index contributed by atoms with van der Waals surface area (Å²) in [5.74, 6) is -0.0916. The average Bonchev–Trinajstić information content (AvgIpc) is 2.66. The van der Waals surface area contributed by atoms with Crippen LogP contribution in [-0.2, 0) is 18.9 Å². The second kappa shape index (κ2) is 8.09. The van der Waals surface area contributed by atoms with Gasteiger partial charge in [-0.15, -0.1) is 11.8 Å². The van der Waals surface area contributed by atoms with Gasteiger partial charge in [-0.3, -0.25) is 14.2 Å². The third kappa shape index (κ3) is 4.30. The molecule has 1 aliphatic rings. The maximum absolute atomic E-state index is 13.5. The highest BCUT2D eigenvalue weighted by atomic mass is 32.2. The SMILES string of the molecule is Cn1nc(SCC(=O)N/N=C2/CCSc3ccc(F)cc32)c(=O)n(C)c1=O. The van der Waals surface area contributed by atoms with E-state index >= 15 is 0 Å². The van der Waals surface area contributed by atoms with Gasteiger partial charge in [0.25, 0.3) is 5.56 Å². The van der Waals surface area contributed by atoms with Gasteiger partial charge < -0.3 is 0 Å². The van der Waals surface area contributed by atoms with E-state index in [9.17, 15) is 18.8 Å². The van der Waals surface area contributed by atoms with E-state index in [1.807, 2.05) is 0 Å². The van der Waals surface area contributed by atoms with Crippen LogP contribution in [0.3, 0.4) is 0 Å². The Morgan fingerprint density at radius 3 is 2.96 bits per heavy atom. The summed E-state index contributed by atoms with van der Waals surface area (Å²) in [6, 6.07) is 4.49. The molecule has 1 aromatic carbocycles. The summed E-state index contributed by atoms with van der Waals surface area (Å²) in [5, 5.41) is 8.03. The van der Waals surface area contributed by atoms with Gasteiger partial charge in [0.05, 0.1) is 11.5 Å². The van der Waals surface area contributed by atoms with Gasteiger partial charge in [-0.1, -0.05) is 11.8 Å². The van der Waals surface area contributed by atoms with Crippen molar-refractivity contribution in [2.75, 3.05) is 11.5 Å². The van der Waals surface area contributed by atoms with Gasteiger partial charge in [0.1, 0.15) is 5.82 Å². The van der Waals surface area contributed by atoms with Crippen molar-refractivity contribution in [1.29, 1.82) is 0 Å². The van der Waals surface area contributed by atoms with Gasteiger partial charge >= 0.3 is 5.69 Å². The number of hydrogen-bond acceptors (Lipinski definition) is 7. The van der Waals surface area contributed by atoms with Gasteiger partial charge in [-0.2, -0.15) is 10.2 Å². The van der Waals surface area contributed by atoms with Crippen LogP contribution < -0.4 is 16.7 Å². The van der Waals surface area contributed by atoms with Crippen LogP contribution in [0.15, 0.2) is 42.8 Å². The van der Waals surface area contributed by atoms with Crippen LogP contribution >= 0.6 is 23.5 Å². The zero-order chi connectivity index (χ0) is 19.6. The zero-order valence-corrected chi connectivity index (χ0v) is 16.2. The molecule has 142 valence electrons. The van der Waals surface area contributed by atoms with Gasteiger partial charge in [-0.25, -0.2) is 19.3 Å². The lowest BCUT2D eigenvalue weighted by Crippen LogP contribution is -2.39. The summed E-state index contributed by atoms with van der Waals surface area (Å²) in [6.45, 7) is 0. The van der Waals surface area contributed by atoms with Crippen molar-refractivity contribution in [2.45, 2.75) is 16.3 Å². The summed E-state index contributed by atoms with van der Waals surface area (Å²) in [4.78, 5) is 36.6. The number of rotatable bonds is 4. The number of amides is 1. The number of carbonyl (C=O) groups is 1. The Bertz CT molecular complexity index is 1050. The van der Waals surface area contributed by atoms with Crippen molar-refractivity contribution >= 4 is 35.1 Å². The number of aromatic nitrogens is 3. The molecule has 3 rings (SSSR count). The lowest BCUT2D eigenvalue weighted by Gasteiger charge is -2.17. The van der Waals surface area contributed by atoms with Gasteiger partial charge in [0, 0.05) is 36.7 Å². The average molecular weight is 409 g/mol. The minimum atomic E-state index is -0.559. The van der Waals surface area contributed by atoms with Crippen molar-refractivity contribution in [3.05, 3.63) is 50.4 Å². The molecule has 1 aromatic heterocycles. The molecule has 0 spiro atoms. The number of carbonyl (C=O) groups excluding carboxylic acids is 1. The highest BCUT2D eigenvalue weighted by molar-refractivity contribution is 8.00. The maximum atomic E-state index is 13.5. The van der Waals surface area contributed by atoms with E-state index in [4.69, 9.17) is 0 Å². The maximum Gasteiger partial charge on any atom is 0.346 e. The second-order valence-corrected chi connectivity index (χ2v) is 7.80. The van der Waals surface area contributed by atoms with Crippen molar-refractivity contribution < 1.29 is 9.18 Å². The Morgan fingerprint density at radius 2 is 2.19 bits per heavy atom. The van der Waals surface area contributed by atoms with E-state index in [1.165, 1.54) is 26.2 Å². The molecular weight excluding hydrogens is 393 g/mol. The number of nitrogens with one attached hydrogen (secondary N) is 1. The first-order chi connectivity index (χ1) is 12.9. The molecule has 0 radical (unpaired) electrons. The number of benzene rings is 1. The molecule has 0 atom stereocenters. The number of aryl methyl sites for hydroxylation is 1. The predicted octanol–water partition coefficient (Wildman–Crippen LogP) is 0.727. The Balaban J connectivity index is 1.68. The van der Waals surface area contributed by atoms with Crippen molar-refractivity contribution in [3.8, 4) is 0 Å². The third-order valence-corrected chi connectivity index (χ3v) is 5.81. The standard InChI is InChI=1S/C16H16FN5O3S2/c1-21-15(24)14(20-22(2)16(21)25)27-8-13(23)19-18-11-5-6-26-12-4-3-9(17)7-10(11)12/h3-4,7H,5-6,8H2,1-2H3,(H,19,23)/b18-11-. The van der Waals surface area contributed by atoms with E-state index in [1.54, 1.807) is 17.8 Å². The van der Waals surface area contributed by atoms with E-state index in [0.717, 1.165) is 31.7 Å². The Kier molecular flexibility index (Phi) is 5.80. The lowest BCUT2D eigenvalue weighted by molar-refractivity contribution is -0.118. The van der Waals surface area contributed by atoms with Crippen LogP contribution in [0.1, 0.15) is 12.0 Å². The molecular formula is C16H16FN5O3S2. The number of halogens is 1. The highest BCUT2D eigenvalue weighted by Crippen LogP contribution is 2.30. The van der Waals surface area contributed by atoms with Crippen molar-refractivity contribution in [3.63, 3.8) is 0 Å². The monoisotopic (exact) mass is 409 g/mol. The fraction of sp³-hybridized carbons (Fsp3) is 0.312. The second-order valence-electron chi connectivity index (χ2n) is 5.70. The van der Waals surface area contributed by atoms with Gasteiger partial charge in [0.2, 0.25) is 5.91 Å². The van der Waals surface area contributed by atoms with Crippen LogP contribution in [0.2, 0.25) is 0 Å². The first-order valence-electron chi connectivity index (χ1n) is 7.92. The number of nitrogens with zero attached hydrogens (tertiary/aromatic N) is 4. The minimum absolute atomic E-state index is 0.0453. The largest absolute Gasteiger partial charge is 0.346 e. The van der Waals surface area contributed by atoms with Crippen molar-refractivity contribution in [2.24, 2.45) is 19.2 Å². The first kappa shape index (κ1) is 19.4. The summed E-state index contributed by atoms with van der Waals surface area (Å²) >= 11 is 2.53. The number of thioether (sulfide) groups is 2. The number of hydrazone groups is 1. The molecule has 1 aliphatic heterocycles. The van der Waals surface area contributed by atoms with Crippen LogP contribution in [0.4, 0.5) is 4.39 Å². The molecule has 2 aromatic rings. The first-order valence-corrected chi connectivity index (χ1v) is 9.89. The third-order valence-electron chi connectivity index (χ3n) is 3.80. The summed E-state index contributed by atoms with van der Waals surface area (Å²) in [5.41, 5.74) is 2.62. The minimum Gasteiger partial charge on any atom is -0.272 e. The predicted molar refractivity (Wildman–Crippen MR) is 102 cm³/mol. The Hall–Kier alpha value is -2.40. The molecule has 11 heteroatoms. The zero-order valence-electron chi connectivity index (χ0n) is 14.6. The molecule has 0 bridgehead atoms. The molecule has 1 amide bonds. The molecule has 8 nitrogen and oxygen atoms in total. The van der Waals surface area contributed by atoms with Crippen molar-refractivity contribution in [1.82, 2.24) is 19.8 Å². The summed E-state index contributed by atoms with van der Waals surface area (Å²) in [7, 11) is 2.77. The normalized spacial score (nSPS) is 14.9. The van der Waals surface area contributed by atoms with Crippen LogP contribution in [0.25, 0.3) is 0 Å². The Labute approximate surface area is 161 Å². The Morgan fingerprint density at radius 1 is 1.41 bits per heavy atom. The fourth-order valence-corrected chi connectivity index (χ4v) is 4.20. The van der Waals surface area contributed by atoms with Gasteiger partial charge in [0.15, 0.2) is 5.03 Å². The smallest absolute Gasteiger partial charge is 0.272 e. The topological polar surface area (TPSA) is 98.3 Å². The van der Waals surface area contributed by atoms with E-state index in [2.05, 4.69) is 15.6 Å². The van der Waals surface area contributed by atoms with E-state index in [-0.39, 0.29) is 16.6 Å². The molecule has 1 N–H and O–H groups in total.